The van der Waals surface area contributed by atoms with E-state index in [4.69, 9.17) is 16.2 Å². The predicted octanol–water partition coefficient (Wildman–Crippen LogP) is 0.0490. The fourth-order valence-corrected chi connectivity index (χ4v) is 1.47. The third kappa shape index (κ3) is 2.24. The van der Waals surface area contributed by atoms with Gasteiger partial charge in [-0.05, 0) is 18.9 Å². The number of rotatable bonds is 3. The summed E-state index contributed by atoms with van der Waals surface area (Å²) in [4.78, 5) is 14.8. The highest BCUT2D eigenvalue weighted by Crippen LogP contribution is 2.23. The van der Waals surface area contributed by atoms with Gasteiger partial charge in [0.25, 0.3) is 0 Å². The Morgan fingerprint density at radius 2 is 2.20 bits per heavy atom. The Kier molecular flexibility index (Phi) is 2.55. The molecule has 0 aliphatic heterocycles. The molecular formula is C10H13N3O2. The van der Waals surface area contributed by atoms with Gasteiger partial charge in [0.1, 0.15) is 6.10 Å². The minimum Gasteiger partial charge on any atom is -0.474 e. The van der Waals surface area contributed by atoms with Crippen molar-refractivity contribution in [2.45, 2.75) is 25.0 Å². The van der Waals surface area contributed by atoms with Crippen LogP contribution in [0, 0.1) is 0 Å². The molecule has 0 radical (unpaired) electrons. The highest BCUT2D eigenvalue weighted by molar-refractivity contribution is 5.92. The molecule has 0 unspecified atom stereocenters. The summed E-state index contributed by atoms with van der Waals surface area (Å²) in [5, 5.41) is 0. The molecule has 1 heterocycles. The summed E-state index contributed by atoms with van der Waals surface area (Å²) in [5.74, 6) is 0.0246. The molecule has 0 bridgehead atoms. The zero-order valence-electron chi connectivity index (χ0n) is 8.22. The Morgan fingerprint density at radius 3 is 2.67 bits per heavy atom. The van der Waals surface area contributed by atoms with Crippen molar-refractivity contribution in [1.29, 1.82) is 0 Å². The Bertz CT molecular complexity index is 357. The number of primary amides is 1. The number of carbonyl (C=O) groups is 1. The topological polar surface area (TPSA) is 91.2 Å². The van der Waals surface area contributed by atoms with E-state index in [0.717, 1.165) is 12.8 Å². The largest absolute Gasteiger partial charge is 0.474 e. The van der Waals surface area contributed by atoms with Gasteiger partial charge >= 0.3 is 0 Å². The van der Waals surface area contributed by atoms with Crippen molar-refractivity contribution >= 4 is 5.91 Å². The van der Waals surface area contributed by atoms with Gasteiger partial charge < -0.3 is 16.2 Å². The van der Waals surface area contributed by atoms with Crippen LogP contribution in [0.25, 0.3) is 0 Å². The van der Waals surface area contributed by atoms with Gasteiger partial charge in [-0.15, -0.1) is 0 Å². The van der Waals surface area contributed by atoms with Crippen LogP contribution in [0.4, 0.5) is 0 Å². The summed E-state index contributed by atoms with van der Waals surface area (Å²) >= 11 is 0. The molecule has 0 aromatic carbocycles. The lowest BCUT2D eigenvalue weighted by molar-refractivity contribution is 0.0956. The van der Waals surface area contributed by atoms with E-state index in [1.165, 1.54) is 6.20 Å². The van der Waals surface area contributed by atoms with Crippen molar-refractivity contribution < 1.29 is 9.53 Å². The molecule has 4 N–H and O–H groups in total. The lowest BCUT2D eigenvalue weighted by atomic mass is 9.90. The number of nitrogens with two attached hydrogens (primary N) is 2. The first-order valence-electron chi connectivity index (χ1n) is 4.83. The minimum absolute atomic E-state index is 0.159. The summed E-state index contributed by atoms with van der Waals surface area (Å²) in [6.07, 6.45) is 3.29. The average molecular weight is 207 g/mol. The number of hydrogen-bond donors (Lipinski definition) is 2. The maximum atomic E-state index is 10.8. The van der Waals surface area contributed by atoms with E-state index in [1.807, 2.05) is 0 Å². The van der Waals surface area contributed by atoms with Crippen molar-refractivity contribution in [3.8, 4) is 5.88 Å². The third-order valence-corrected chi connectivity index (χ3v) is 2.44. The van der Waals surface area contributed by atoms with Crippen LogP contribution < -0.4 is 16.2 Å². The van der Waals surface area contributed by atoms with Crippen molar-refractivity contribution in [3.05, 3.63) is 23.9 Å². The summed E-state index contributed by atoms with van der Waals surface area (Å²) in [5.41, 5.74) is 11.1. The second-order valence-corrected chi connectivity index (χ2v) is 3.72. The zero-order chi connectivity index (χ0) is 10.8. The van der Waals surface area contributed by atoms with Gasteiger partial charge in [-0.25, -0.2) is 4.98 Å². The Labute approximate surface area is 87.4 Å². The van der Waals surface area contributed by atoms with Gasteiger partial charge in [-0.2, -0.15) is 0 Å². The fraction of sp³-hybridized carbons (Fsp3) is 0.400. The van der Waals surface area contributed by atoms with Crippen LogP contribution in [0.15, 0.2) is 18.3 Å². The number of carbonyl (C=O) groups excluding carboxylic acids is 1. The van der Waals surface area contributed by atoms with Crippen molar-refractivity contribution in [3.63, 3.8) is 0 Å². The van der Waals surface area contributed by atoms with E-state index in [9.17, 15) is 4.79 Å². The van der Waals surface area contributed by atoms with Gasteiger partial charge in [0.05, 0.1) is 5.56 Å². The van der Waals surface area contributed by atoms with Gasteiger partial charge in [0.2, 0.25) is 11.8 Å². The maximum Gasteiger partial charge on any atom is 0.250 e. The summed E-state index contributed by atoms with van der Waals surface area (Å²) in [6.45, 7) is 0. The van der Waals surface area contributed by atoms with Crippen LogP contribution in [0.5, 0.6) is 5.88 Å². The molecule has 80 valence electrons. The van der Waals surface area contributed by atoms with Crippen LogP contribution in [0.3, 0.4) is 0 Å². The smallest absolute Gasteiger partial charge is 0.250 e. The molecule has 1 aliphatic carbocycles. The van der Waals surface area contributed by atoms with Crippen molar-refractivity contribution in [2.75, 3.05) is 0 Å². The Hall–Kier alpha value is -1.62. The van der Waals surface area contributed by atoms with Gasteiger partial charge in [-0.1, -0.05) is 0 Å². The summed E-state index contributed by atoms with van der Waals surface area (Å²) in [7, 11) is 0. The molecule has 1 aromatic rings. The number of ether oxygens (including phenoxy) is 1. The Morgan fingerprint density at radius 1 is 1.47 bits per heavy atom. The Balaban J connectivity index is 1.95. The SMILES string of the molecule is NC(=O)c1ccc(OC2CC(N)C2)nc1. The van der Waals surface area contributed by atoms with Crippen molar-refractivity contribution in [2.24, 2.45) is 11.5 Å². The molecule has 0 saturated heterocycles. The van der Waals surface area contributed by atoms with Crippen LogP contribution in [-0.2, 0) is 0 Å². The van der Waals surface area contributed by atoms with E-state index < -0.39 is 5.91 Å². The molecule has 1 saturated carbocycles. The molecule has 1 aromatic heterocycles. The zero-order valence-corrected chi connectivity index (χ0v) is 8.22. The van der Waals surface area contributed by atoms with E-state index in [0.29, 0.717) is 11.4 Å². The van der Waals surface area contributed by atoms with Gasteiger partial charge in [-0.3, -0.25) is 4.79 Å². The second-order valence-electron chi connectivity index (χ2n) is 3.72. The maximum absolute atomic E-state index is 10.8. The quantitative estimate of drug-likeness (QED) is 0.732. The highest BCUT2D eigenvalue weighted by Gasteiger charge is 2.27. The average Bonchev–Trinajstić information content (AvgIpc) is 2.16. The number of pyridine rings is 1. The van der Waals surface area contributed by atoms with E-state index in [1.54, 1.807) is 12.1 Å². The van der Waals surface area contributed by atoms with Gasteiger partial charge in [0.15, 0.2) is 0 Å². The molecule has 0 spiro atoms. The van der Waals surface area contributed by atoms with E-state index in [2.05, 4.69) is 4.98 Å². The number of nitrogens with zero attached hydrogens (tertiary/aromatic N) is 1. The normalized spacial score (nSPS) is 24.3. The molecular weight excluding hydrogens is 194 g/mol. The van der Waals surface area contributed by atoms with Gasteiger partial charge in [0, 0.05) is 18.3 Å². The minimum atomic E-state index is -0.486. The molecule has 15 heavy (non-hydrogen) atoms. The molecule has 1 amide bonds. The fourth-order valence-electron chi connectivity index (χ4n) is 1.47. The van der Waals surface area contributed by atoms with E-state index >= 15 is 0 Å². The van der Waals surface area contributed by atoms with Crippen LogP contribution in [0.1, 0.15) is 23.2 Å². The molecule has 5 heteroatoms. The molecule has 1 aliphatic rings. The molecule has 5 nitrogen and oxygen atoms in total. The second kappa shape index (κ2) is 3.86. The predicted molar refractivity (Wildman–Crippen MR) is 54.4 cm³/mol. The molecule has 1 fully saturated rings. The molecule has 0 atom stereocenters. The number of amides is 1. The standard InChI is InChI=1S/C10H13N3O2/c11-7-3-8(4-7)15-9-2-1-6(5-13-9)10(12)14/h1-2,5,7-8H,3-4,11H2,(H2,12,14). The van der Waals surface area contributed by atoms with Crippen molar-refractivity contribution in [1.82, 2.24) is 4.98 Å². The summed E-state index contributed by atoms with van der Waals surface area (Å²) in [6, 6.07) is 3.49. The monoisotopic (exact) mass is 207 g/mol. The van der Waals surface area contributed by atoms with Crippen LogP contribution in [0.2, 0.25) is 0 Å². The molecule has 2 rings (SSSR count). The first-order chi connectivity index (χ1) is 7.15. The first kappa shape index (κ1) is 9.92. The van der Waals surface area contributed by atoms with Crippen LogP contribution >= 0.6 is 0 Å². The third-order valence-electron chi connectivity index (χ3n) is 2.44. The lowest BCUT2D eigenvalue weighted by Gasteiger charge is -2.32. The van der Waals surface area contributed by atoms with Crippen LogP contribution in [-0.4, -0.2) is 23.0 Å². The number of aromatic nitrogens is 1. The summed E-state index contributed by atoms with van der Waals surface area (Å²) < 4.78 is 5.51. The lowest BCUT2D eigenvalue weighted by Crippen LogP contribution is -2.43. The highest BCUT2D eigenvalue weighted by atomic mass is 16.5. The van der Waals surface area contributed by atoms with E-state index in [-0.39, 0.29) is 12.1 Å². The number of hydrogen-bond acceptors (Lipinski definition) is 4. The first-order valence-corrected chi connectivity index (χ1v) is 4.83.